The van der Waals surface area contributed by atoms with Crippen molar-refractivity contribution in [2.24, 2.45) is 7.05 Å². The van der Waals surface area contributed by atoms with Gasteiger partial charge in [0.25, 0.3) is 11.5 Å². The van der Waals surface area contributed by atoms with Crippen LogP contribution in [0.3, 0.4) is 0 Å². The van der Waals surface area contributed by atoms with E-state index in [1.54, 1.807) is 24.2 Å². The predicted octanol–water partition coefficient (Wildman–Crippen LogP) is 3.75. The van der Waals surface area contributed by atoms with Gasteiger partial charge < -0.3 is 28.8 Å². The first-order valence-electron chi connectivity index (χ1n) is 16.6. The number of esters is 1. The highest BCUT2D eigenvalue weighted by atomic mass is 19.1. The number of ether oxygens (including phenoxy) is 2. The number of nitrogens with zero attached hydrogens (tertiary/aromatic N) is 6. The molecular formula is C35H38FN7O5. The number of aryl methyl sites for hydroxylation is 2. The summed E-state index contributed by atoms with van der Waals surface area (Å²) >= 11 is 0. The number of hydrogen-bond acceptors (Lipinski definition) is 8. The van der Waals surface area contributed by atoms with Crippen LogP contribution in [0.2, 0.25) is 0 Å². The highest BCUT2D eigenvalue weighted by Crippen LogP contribution is 2.37. The van der Waals surface area contributed by atoms with Crippen molar-refractivity contribution in [3.63, 3.8) is 0 Å². The largest absolute Gasteiger partial charge is 0.461 e. The number of anilines is 3. The van der Waals surface area contributed by atoms with Gasteiger partial charge in [-0.15, -0.1) is 0 Å². The Morgan fingerprint density at radius 2 is 1.90 bits per heavy atom. The van der Waals surface area contributed by atoms with Crippen molar-refractivity contribution in [1.29, 1.82) is 0 Å². The van der Waals surface area contributed by atoms with Gasteiger partial charge in [-0.05, 0) is 61.1 Å². The van der Waals surface area contributed by atoms with Crippen LogP contribution in [0.25, 0.3) is 11.1 Å². The SMILES string of the molecule is CC(=O)OCc1c(-c2cc(Nc3cc4n(n3)CCN(C3COC3)C4)c(=O)n(C)c2)cc(F)cc1N1CCn2c(cc3c2CCCC3)C1=O. The molecule has 1 amide bonds. The molecule has 1 aliphatic carbocycles. The summed E-state index contributed by atoms with van der Waals surface area (Å²) in [7, 11) is 1.63. The molecular weight excluding hydrogens is 617 g/mol. The first kappa shape index (κ1) is 30.6. The number of nitrogens with one attached hydrogen (secondary N) is 1. The zero-order valence-electron chi connectivity index (χ0n) is 27.1. The summed E-state index contributed by atoms with van der Waals surface area (Å²) in [6, 6.07) is 8.69. The van der Waals surface area contributed by atoms with Gasteiger partial charge in [0.15, 0.2) is 5.82 Å². The lowest BCUT2D eigenvalue weighted by atomic mass is 9.97. The molecule has 1 N–H and O–H groups in total. The predicted molar refractivity (Wildman–Crippen MR) is 176 cm³/mol. The molecule has 1 aromatic carbocycles. The van der Waals surface area contributed by atoms with E-state index in [9.17, 15) is 14.4 Å². The van der Waals surface area contributed by atoms with Crippen molar-refractivity contribution in [2.75, 3.05) is 36.5 Å². The number of rotatable bonds is 7. The van der Waals surface area contributed by atoms with E-state index >= 15 is 4.39 Å². The second-order valence-corrected chi connectivity index (χ2v) is 13.1. The molecule has 8 rings (SSSR count). The van der Waals surface area contributed by atoms with Crippen LogP contribution >= 0.6 is 0 Å². The molecule has 3 aliphatic heterocycles. The number of aromatic nitrogens is 4. The van der Waals surface area contributed by atoms with Crippen molar-refractivity contribution in [3.8, 4) is 11.1 Å². The van der Waals surface area contributed by atoms with Gasteiger partial charge in [-0.1, -0.05) is 0 Å². The Labute approximate surface area is 276 Å². The third-order valence-electron chi connectivity index (χ3n) is 10.0. The molecule has 0 radical (unpaired) electrons. The van der Waals surface area contributed by atoms with Crippen LogP contribution in [0.4, 0.5) is 21.6 Å². The van der Waals surface area contributed by atoms with Crippen LogP contribution in [0.1, 0.15) is 52.8 Å². The molecule has 250 valence electrons. The summed E-state index contributed by atoms with van der Waals surface area (Å²) < 4.78 is 31.9. The first-order chi connectivity index (χ1) is 23.2. The lowest BCUT2D eigenvalue weighted by Gasteiger charge is -2.39. The summed E-state index contributed by atoms with van der Waals surface area (Å²) in [4.78, 5) is 43.4. The maximum Gasteiger partial charge on any atom is 0.302 e. The molecule has 13 heteroatoms. The van der Waals surface area contributed by atoms with Gasteiger partial charge in [0.2, 0.25) is 0 Å². The molecule has 3 aromatic heterocycles. The summed E-state index contributed by atoms with van der Waals surface area (Å²) in [6.45, 7) is 5.90. The van der Waals surface area contributed by atoms with Crippen molar-refractivity contribution >= 4 is 29.1 Å². The fourth-order valence-corrected chi connectivity index (χ4v) is 7.49. The van der Waals surface area contributed by atoms with Crippen LogP contribution < -0.4 is 15.8 Å². The number of hydrogen-bond donors (Lipinski definition) is 1. The molecule has 0 bridgehead atoms. The quantitative estimate of drug-likeness (QED) is 0.300. The number of benzene rings is 1. The summed E-state index contributed by atoms with van der Waals surface area (Å²) in [5.74, 6) is -0.731. The number of amides is 1. The third-order valence-corrected chi connectivity index (χ3v) is 10.0. The van der Waals surface area contributed by atoms with Gasteiger partial charge in [-0.3, -0.25) is 24.0 Å². The van der Waals surface area contributed by atoms with Crippen LogP contribution in [0.5, 0.6) is 0 Å². The Morgan fingerprint density at radius 3 is 2.69 bits per heavy atom. The highest BCUT2D eigenvalue weighted by Gasteiger charge is 2.33. The molecule has 0 saturated carbocycles. The van der Waals surface area contributed by atoms with Gasteiger partial charge in [-0.2, -0.15) is 5.10 Å². The first-order valence-corrected chi connectivity index (χ1v) is 16.6. The minimum absolute atomic E-state index is 0.177. The van der Waals surface area contributed by atoms with Crippen molar-refractivity contribution in [3.05, 3.63) is 80.9 Å². The smallest absolute Gasteiger partial charge is 0.302 e. The van der Waals surface area contributed by atoms with E-state index in [4.69, 9.17) is 14.6 Å². The second-order valence-electron chi connectivity index (χ2n) is 13.1. The van der Waals surface area contributed by atoms with Crippen molar-refractivity contribution in [1.82, 2.24) is 23.8 Å². The minimum atomic E-state index is -0.550. The number of fused-ring (bicyclic) bond motifs is 4. The summed E-state index contributed by atoms with van der Waals surface area (Å²) in [5.41, 5.74) is 5.80. The normalized spacial score (nSPS) is 17.8. The van der Waals surface area contributed by atoms with E-state index in [0.29, 0.717) is 53.0 Å². The van der Waals surface area contributed by atoms with Crippen LogP contribution in [-0.4, -0.2) is 68.0 Å². The van der Waals surface area contributed by atoms with E-state index in [2.05, 4.69) is 14.8 Å². The van der Waals surface area contributed by atoms with Gasteiger partial charge >= 0.3 is 5.97 Å². The summed E-state index contributed by atoms with van der Waals surface area (Å²) in [5, 5.41) is 7.90. The Bertz CT molecular complexity index is 2010. The van der Waals surface area contributed by atoms with Gasteiger partial charge in [0, 0.05) is 69.2 Å². The molecule has 0 spiro atoms. The van der Waals surface area contributed by atoms with E-state index in [-0.39, 0.29) is 23.8 Å². The van der Waals surface area contributed by atoms with Crippen molar-refractivity contribution < 1.29 is 23.5 Å². The molecule has 4 aromatic rings. The topological polar surface area (TPSA) is 116 Å². The lowest BCUT2D eigenvalue weighted by molar-refractivity contribution is -0.142. The van der Waals surface area contributed by atoms with Crippen LogP contribution in [0.15, 0.2) is 41.3 Å². The van der Waals surface area contributed by atoms with E-state index in [1.165, 1.54) is 34.9 Å². The van der Waals surface area contributed by atoms with E-state index < -0.39 is 11.8 Å². The zero-order valence-corrected chi connectivity index (χ0v) is 27.1. The zero-order chi connectivity index (χ0) is 33.1. The number of halogens is 1. The molecule has 12 nitrogen and oxygen atoms in total. The lowest BCUT2D eigenvalue weighted by Crippen LogP contribution is -2.51. The standard InChI is InChI=1S/C35H38FN7O5/c1-21(44)48-20-28-27(13-24(36)14-31(28)42-9-8-41-30-6-4-3-5-22(30)12-32(41)35(42)46)23-11-29(34(45)39(2)16-23)37-33-15-25-17-40(26-18-47-19-26)7-10-43(25)38-33/h11-16,26H,3-10,17-20H2,1-2H3,(H,37,38). The van der Waals surface area contributed by atoms with Crippen molar-refractivity contribution in [2.45, 2.75) is 64.9 Å². The summed E-state index contributed by atoms with van der Waals surface area (Å²) in [6.07, 6.45) is 5.72. The van der Waals surface area contributed by atoms with Gasteiger partial charge in [0.05, 0.1) is 37.2 Å². The maximum atomic E-state index is 15.6. The molecule has 4 aliphatic rings. The maximum absolute atomic E-state index is 15.6. The molecule has 1 fully saturated rings. The van der Waals surface area contributed by atoms with Gasteiger partial charge in [0.1, 0.15) is 23.8 Å². The molecule has 6 heterocycles. The minimum Gasteiger partial charge on any atom is -0.461 e. The molecule has 0 unspecified atom stereocenters. The fourth-order valence-electron chi connectivity index (χ4n) is 7.49. The Kier molecular flexibility index (Phi) is 7.67. The molecule has 0 atom stereocenters. The number of pyridine rings is 1. The van der Waals surface area contributed by atoms with E-state index in [1.807, 2.05) is 16.8 Å². The Morgan fingerprint density at radius 1 is 1.06 bits per heavy atom. The van der Waals surface area contributed by atoms with Crippen LogP contribution in [-0.2, 0) is 60.4 Å². The van der Waals surface area contributed by atoms with E-state index in [0.717, 1.165) is 64.2 Å². The average molecular weight is 656 g/mol. The fraction of sp³-hybridized carbons (Fsp3) is 0.429. The monoisotopic (exact) mass is 655 g/mol. The third kappa shape index (κ3) is 5.40. The van der Waals surface area contributed by atoms with Crippen LogP contribution in [0, 0.1) is 5.82 Å². The van der Waals surface area contributed by atoms with Gasteiger partial charge in [-0.25, -0.2) is 4.39 Å². The molecule has 1 saturated heterocycles. The Hall–Kier alpha value is -4.75. The second kappa shape index (κ2) is 12.0. The average Bonchev–Trinajstić information content (AvgIpc) is 3.62. The number of carbonyl (C=O) groups excluding carboxylic acids is 2. The molecule has 48 heavy (non-hydrogen) atoms. The highest BCUT2D eigenvalue weighted by molar-refractivity contribution is 6.07. The number of carbonyl (C=O) groups is 2. The Balaban J connectivity index is 1.15.